The molecule has 1 saturated heterocycles. The monoisotopic (exact) mass is 560 g/mol. The van der Waals surface area contributed by atoms with Crippen molar-refractivity contribution < 1.29 is 22.7 Å². The molecule has 0 radical (unpaired) electrons. The highest BCUT2D eigenvalue weighted by Crippen LogP contribution is 2.30. The lowest BCUT2D eigenvalue weighted by molar-refractivity contribution is -0.137. The number of ether oxygens (including phenoxy) is 1. The average molecular weight is 561 g/mol. The van der Waals surface area contributed by atoms with E-state index in [1.165, 1.54) is 17.7 Å². The van der Waals surface area contributed by atoms with E-state index in [0.29, 0.717) is 12.1 Å². The fourth-order valence-electron chi connectivity index (χ4n) is 4.84. The molecule has 1 aliphatic rings. The summed E-state index contributed by atoms with van der Waals surface area (Å²) in [6.45, 7) is 6.39. The van der Waals surface area contributed by atoms with Crippen LogP contribution in [0, 0.1) is 0 Å². The molecule has 6 nitrogen and oxygen atoms in total. The minimum absolute atomic E-state index is 0.0560. The zero-order valence-electron chi connectivity index (χ0n) is 22.7. The van der Waals surface area contributed by atoms with Crippen LogP contribution in [0.1, 0.15) is 45.6 Å². The number of carbonyl (C=O) groups excluding carboxylic acids is 1. The van der Waals surface area contributed by atoms with E-state index < -0.39 is 17.6 Å². The Kier molecular flexibility index (Phi) is 8.75. The topological polar surface area (TPSA) is 67.3 Å². The van der Waals surface area contributed by atoms with Crippen LogP contribution in [0.4, 0.5) is 18.9 Å². The summed E-state index contributed by atoms with van der Waals surface area (Å²) in [6, 6.07) is 20.1. The quantitative estimate of drug-likeness (QED) is 0.263. The largest absolute Gasteiger partial charge is 0.416 e. The van der Waals surface area contributed by atoms with Crippen molar-refractivity contribution >= 4 is 11.6 Å². The molecule has 9 heteroatoms. The van der Waals surface area contributed by atoms with Gasteiger partial charge >= 0.3 is 6.18 Å². The number of nitrogens with zero attached hydrogens (tertiary/aromatic N) is 3. The first-order valence-electron chi connectivity index (χ1n) is 13.5. The van der Waals surface area contributed by atoms with Gasteiger partial charge in [-0.05, 0) is 53.8 Å². The van der Waals surface area contributed by atoms with Gasteiger partial charge in [-0.1, -0.05) is 49.4 Å². The highest BCUT2D eigenvalue weighted by atomic mass is 19.4. The van der Waals surface area contributed by atoms with E-state index in [0.717, 1.165) is 67.5 Å². The second kappa shape index (κ2) is 12.6. The summed E-state index contributed by atoms with van der Waals surface area (Å²) in [5, 5.41) is 2.71. The minimum Gasteiger partial charge on any atom is -0.379 e. The molecule has 0 spiro atoms. The lowest BCUT2D eigenvalue weighted by atomic mass is 9.95. The molecular formula is C32H31F3N4O2. The Hall–Kier alpha value is -4.08. The number of halogens is 3. The molecular weight excluding hydrogens is 529 g/mol. The number of amides is 1. The number of carbonyl (C=O) groups is 1. The van der Waals surface area contributed by atoms with Crippen LogP contribution < -0.4 is 5.32 Å². The molecule has 1 aromatic heterocycles. The van der Waals surface area contributed by atoms with Gasteiger partial charge in [0.15, 0.2) is 0 Å². The van der Waals surface area contributed by atoms with Gasteiger partial charge in [0.05, 0.1) is 36.4 Å². The summed E-state index contributed by atoms with van der Waals surface area (Å²) < 4.78 is 44.6. The van der Waals surface area contributed by atoms with Crippen molar-refractivity contribution in [1.82, 2.24) is 14.9 Å². The molecule has 4 aromatic rings. The van der Waals surface area contributed by atoms with E-state index >= 15 is 0 Å². The molecule has 5 rings (SSSR count). The molecule has 41 heavy (non-hydrogen) atoms. The molecule has 0 aliphatic carbocycles. The second-order valence-corrected chi connectivity index (χ2v) is 10.2. The Balaban J connectivity index is 1.23. The summed E-state index contributed by atoms with van der Waals surface area (Å²) in [4.78, 5) is 24.3. The van der Waals surface area contributed by atoms with E-state index in [1.54, 1.807) is 18.5 Å². The zero-order valence-corrected chi connectivity index (χ0v) is 22.7. The van der Waals surface area contributed by atoms with E-state index in [2.05, 4.69) is 46.4 Å². The Morgan fingerprint density at radius 1 is 1.00 bits per heavy atom. The Morgan fingerprint density at radius 3 is 2.51 bits per heavy atom. The third-order valence-electron chi connectivity index (χ3n) is 7.12. The normalized spacial score (nSPS) is 14.9. The summed E-state index contributed by atoms with van der Waals surface area (Å²) in [7, 11) is 0. The lowest BCUT2D eigenvalue weighted by Crippen LogP contribution is -2.35. The molecule has 212 valence electrons. The van der Waals surface area contributed by atoms with Crippen LogP contribution >= 0.6 is 0 Å². The number of anilines is 1. The first kappa shape index (κ1) is 28.4. The maximum atomic E-state index is 13.0. The number of alkyl halides is 3. The van der Waals surface area contributed by atoms with Gasteiger partial charge in [-0.3, -0.25) is 14.7 Å². The zero-order chi connectivity index (χ0) is 28.8. The summed E-state index contributed by atoms with van der Waals surface area (Å²) >= 11 is 0. The van der Waals surface area contributed by atoms with Gasteiger partial charge in [-0.15, -0.1) is 0 Å². The van der Waals surface area contributed by atoms with Crippen LogP contribution in [0.15, 0.2) is 85.2 Å². The van der Waals surface area contributed by atoms with Gasteiger partial charge in [-0.25, -0.2) is 4.98 Å². The maximum absolute atomic E-state index is 13.0. The summed E-state index contributed by atoms with van der Waals surface area (Å²) in [6.07, 6.45) is -0.375. The number of nitrogens with one attached hydrogen (secondary N) is 1. The van der Waals surface area contributed by atoms with E-state index in [4.69, 9.17) is 9.72 Å². The first-order valence-corrected chi connectivity index (χ1v) is 13.5. The molecule has 0 saturated carbocycles. The van der Waals surface area contributed by atoms with Gasteiger partial charge in [0, 0.05) is 42.6 Å². The standard InChI is InChI=1S/C32H31F3N4O2/c1-22(25-4-3-7-28(18-25)38-31(40)26-5-2-6-27(17-26)32(33,34)35)16-29-19-36-20-30(37-29)24-10-8-23(9-11-24)21-39-12-14-41-15-13-39/h2-11,17-20,22H,12-16,21H2,1H3,(H,38,40)/t22-/m1/s1. The number of hydrogen-bond acceptors (Lipinski definition) is 5. The third kappa shape index (κ3) is 7.56. The predicted molar refractivity (Wildman–Crippen MR) is 152 cm³/mol. The number of hydrogen-bond donors (Lipinski definition) is 1. The summed E-state index contributed by atoms with van der Waals surface area (Å²) in [5.41, 5.74) is 4.44. The van der Waals surface area contributed by atoms with Crippen LogP contribution in [0.2, 0.25) is 0 Å². The number of benzene rings is 3. The Morgan fingerprint density at radius 2 is 1.76 bits per heavy atom. The van der Waals surface area contributed by atoms with E-state index in [9.17, 15) is 18.0 Å². The van der Waals surface area contributed by atoms with Gasteiger partial charge < -0.3 is 10.1 Å². The number of morpholine rings is 1. The van der Waals surface area contributed by atoms with Crippen molar-refractivity contribution in [1.29, 1.82) is 0 Å². The molecule has 1 atom stereocenters. The molecule has 0 bridgehead atoms. The van der Waals surface area contributed by atoms with Crippen LogP contribution in [-0.2, 0) is 23.9 Å². The SMILES string of the molecule is C[C@H](Cc1cncc(-c2ccc(CN3CCOCC3)cc2)n1)c1cccc(NC(=O)c2cccc(C(F)(F)F)c2)c1. The van der Waals surface area contributed by atoms with Crippen molar-refractivity contribution in [2.75, 3.05) is 31.6 Å². The fraction of sp³-hybridized carbons (Fsp3) is 0.281. The highest BCUT2D eigenvalue weighted by Gasteiger charge is 2.31. The molecule has 2 heterocycles. The van der Waals surface area contributed by atoms with Crippen molar-refractivity contribution in [2.24, 2.45) is 0 Å². The highest BCUT2D eigenvalue weighted by molar-refractivity contribution is 6.04. The minimum atomic E-state index is -4.52. The third-order valence-corrected chi connectivity index (χ3v) is 7.12. The molecule has 1 fully saturated rings. The van der Waals surface area contributed by atoms with Crippen LogP contribution in [0.5, 0.6) is 0 Å². The predicted octanol–water partition coefficient (Wildman–Crippen LogP) is 6.59. The van der Waals surface area contributed by atoms with Gasteiger partial charge in [-0.2, -0.15) is 13.2 Å². The average Bonchev–Trinajstić information content (AvgIpc) is 2.98. The van der Waals surface area contributed by atoms with Crippen LogP contribution in [0.25, 0.3) is 11.3 Å². The van der Waals surface area contributed by atoms with Crippen molar-refractivity contribution in [2.45, 2.75) is 32.0 Å². The van der Waals surface area contributed by atoms with Gasteiger partial charge in [0.1, 0.15) is 0 Å². The van der Waals surface area contributed by atoms with Crippen molar-refractivity contribution in [3.05, 3.63) is 113 Å². The molecule has 3 aromatic carbocycles. The maximum Gasteiger partial charge on any atom is 0.416 e. The Bertz CT molecular complexity index is 1490. The summed E-state index contributed by atoms with van der Waals surface area (Å²) in [5.74, 6) is -0.545. The fourth-order valence-corrected chi connectivity index (χ4v) is 4.84. The molecule has 1 N–H and O–H groups in total. The van der Waals surface area contributed by atoms with Crippen LogP contribution in [0.3, 0.4) is 0 Å². The van der Waals surface area contributed by atoms with Crippen molar-refractivity contribution in [3.8, 4) is 11.3 Å². The molecule has 0 unspecified atom stereocenters. The first-order chi connectivity index (χ1) is 19.7. The van der Waals surface area contributed by atoms with Crippen LogP contribution in [-0.4, -0.2) is 47.1 Å². The number of rotatable bonds is 8. The molecule has 1 aliphatic heterocycles. The van der Waals surface area contributed by atoms with E-state index in [1.807, 2.05) is 18.2 Å². The lowest BCUT2D eigenvalue weighted by Gasteiger charge is -2.26. The Labute approximate surface area is 237 Å². The van der Waals surface area contributed by atoms with Gasteiger partial charge in [0.2, 0.25) is 0 Å². The van der Waals surface area contributed by atoms with Crippen molar-refractivity contribution in [3.63, 3.8) is 0 Å². The van der Waals surface area contributed by atoms with Gasteiger partial charge in [0.25, 0.3) is 5.91 Å². The second-order valence-electron chi connectivity index (χ2n) is 10.2. The van der Waals surface area contributed by atoms with E-state index in [-0.39, 0.29) is 11.5 Å². The molecule has 1 amide bonds. The number of aromatic nitrogens is 2. The smallest absolute Gasteiger partial charge is 0.379 e.